The molecule has 0 radical (unpaired) electrons. The average molecular weight is 667 g/mol. The van der Waals surface area contributed by atoms with Crippen molar-refractivity contribution in [3.05, 3.63) is 23.8 Å². The number of carbonyl (C=O) groups is 1. The number of fused-ring (bicyclic) bond motifs is 5. The third-order valence-electron chi connectivity index (χ3n) is 13.9. The number of ketones is 1. The Morgan fingerprint density at radius 1 is 1.02 bits per heavy atom. The van der Waals surface area contributed by atoms with Gasteiger partial charge in [-0.05, 0) is 73.5 Å². The van der Waals surface area contributed by atoms with Crippen LogP contribution in [0.4, 0.5) is 0 Å². The first-order valence-corrected chi connectivity index (χ1v) is 17.2. The molecule has 0 aromatic carbocycles. The van der Waals surface area contributed by atoms with Crippen molar-refractivity contribution in [2.45, 2.75) is 135 Å². The molecule has 11 heteroatoms. The van der Waals surface area contributed by atoms with Crippen LogP contribution < -0.4 is 0 Å². The molecule has 16 atom stereocenters. The van der Waals surface area contributed by atoms with Gasteiger partial charge in [-0.25, -0.2) is 0 Å². The van der Waals surface area contributed by atoms with Gasteiger partial charge in [0.25, 0.3) is 0 Å². The average Bonchev–Trinajstić information content (AvgIpc) is 3.20. The van der Waals surface area contributed by atoms with Crippen molar-refractivity contribution in [1.29, 1.82) is 0 Å². The highest BCUT2D eigenvalue weighted by Crippen LogP contribution is 2.74. The minimum Gasteiger partial charge on any atom is -0.394 e. The van der Waals surface area contributed by atoms with Crippen LogP contribution in [0.1, 0.15) is 80.6 Å². The zero-order valence-electron chi connectivity index (χ0n) is 28.9. The van der Waals surface area contributed by atoms with Crippen molar-refractivity contribution >= 4 is 5.78 Å². The normalized spacial score (nSPS) is 50.8. The van der Waals surface area contributed by atoms with E-state index in [0.717, 1.165) is 5.57 Å². The van der Waals surface area contributed by atoms with Gasteiger partial charge in [0.15, 0.2) is 6.29 Å². The van der Waals surface area contributed by atoms with Crippen LogP contribution in [-0.4, -0.2) is 114 Å². The molecule has 47 heavy (non-hydrogen) atoms. The molecule has 0 amide bonds. The monoisotopic (exact) mass is 666 g/mol. The van der Waals surface area contributed by atoms with Crippen molar-refractivity contribution in [1.82, 2.24) is 0 Å². The number of ether oxygens (including phenoxy) is 2. The summed E-state index contributed by atoms with van der Waals surface area (Å²) in [5.41, 5.74) is -3.41. The van der Waals surface area contributed by atoms with Crippen LogP contribution >= 0.6 is 0 Å². The summed E-state index contributed by atoms with van der Waals surface area (Å²) in [6, 6.07) is 0. The number of hydrogen-bond donors (Lipinski definition) is 8. The second-order valence-corrected chi connectivity index (χ2v) is 16.9. The Bertz CT molecular complexity index is 1250. The van der Waals surface area contributed by atoms with Gasteiger partial charge in [-0.3, -0.25) is 4.79 Å². The van der Waals surface area contributed by atoms with E-state index < -0.39 is 88.8 Å². The summed E-state index contributed by atoms with van der Waals surface area (Å²) < 4.78 is 11.8. The summed E-state index contributed by atoms with van der Waals surface area (Å²) in [5, 5.41) is 85.6. The van der Waals surface area contributed by atoms with E-state index in [1.807, 2.05) is 40.7 Å². The van der Waals surface area contributed by atoms with Crippen LogP contribution in [0, 0.1) is 45.3 Å². The zero-order chi connectivity index (χ0) is 35.1. The third kappa shape index (κ3) is 5.52. The third-order valence-corrected chi connectivity index (χ3v) is 13.9. The molecule has 0 spiro atoms. The predicted molar refractivity (Wildman–Crippen MR) is 171 cm³/mol. The van der Waals surface area contributed by atoms with Crippen LogP contribution in [0.15, 0.2) is 23.8 Å². The fourth-order valence-corrected chi connectivity index (χ4v) is 10.9. The van der Waals surface area contributed by atoms with E-state index in [4.69, 9.17) is 9.47 Å². The Labute approximate surface area is 278 Å². The standard InChI is InChI=1S/C36H58O11/c1-18(16-37)9-8-12-35(6,45)29-21(39)14-33(4)24-11-10-19-20(36(24,7)25(40)15-34(29,33)5)13-22(30(44)32(19,2)3)46-31-28(43)27(42)26(41)23(17-38)47-31/h9-11,19-24,26-31,37-39,41-45H,8,12-17H2,1-7H3/b18-9-/t19-,20+,21-,22+,23+,24-,26+,27-,28+,29+,30+,31-,33+,34-,35+,36+/m1/s1. The lowest BCUT2D eigenvalue weighted by Gasteiger charge is -2.65. The molecule has 0 aromatic rings. The van der Waals surface area contributed by atoms with Crippen molar-refractivity contribution < 1.29 is 55.1 Å². The quantitative estimate of drug-likeness (QED) is 0.174. The number of rotatable bonds is 8. The molecular weight excluding hydrogens is 608 g/mol. The second-order valence-electron chi connectivity index (χ2n) is 16.9. The van der Waals surface area contributed by atoms with E-state index in [1.165, 1.54) is 0 Å². The first kappa shape index (κ1) is 37.0. The van der Waals surface area contributed by atoms with Gasteiger partial charge in [0, 0.05) is 17.8 Å². The Kier molecular flexibility index (Phi) is 9.85. The topological polar surface area (TPSA) is 197 Å². The van der Waals surface area contributed by atoms with Crippen LogP contribution in [-0.2, 0) is 14.3 Å². The van der Waals surface area contributed by atoms with Crippen molar-refractivity contribution in [2.75, 3.05) is 13.2 Å². The predicted octanol–water partition coefficient (Wildman–Crippen LogP) is 1.22. The Morgan fingerprint density at radius 2 is 1.68 bits per heavy atom. The molecule has 11 nitrogen and oxygen atoms in total. The fraction of sp³-hybridized carbons (Fsp3) is 0.861. The summed E-state index contributed by atoms with van der Waals surface area (Å²) in [7, 11) is 0. The van der Waals surface area contributed by atoms with Crippen molar-refractivity contribution in [3.8, 4) is 0 Å². The van der Waals surface area contributed by atoms with E-state index in [0.29, 0.717) is 19.3 Å². The van der Waals surface area contributed by atoms with Gasteiger partial charge >= 0.3 is 0 Å². The van der Waals surface area contributed by atoms with Crippen molar-refractivity contribution in [2.24, 2.45) is 45.3 Å². The van der Waals surface area contributed by atoms with Crippen LogP contribution in [0.3, 0.4) is 0 Å². The molecule has 0 unspecified atom stereocenters. The number of allylic oxidation sites excluding steroid dienone is 3. The van der Waals surface area contributed by atoms with Gasteiger partial charge in [-0.15, -0.1) is 0 Å². The molecule has 0 bridgehead atoms. The van der Waals surface area contributed by atoms with Crippen LogP contribution in [0.2, 0.25) is 0 Å². The molecule has 1 heterocycles. The fourth-order valence-electron chi connectivity index (χ4n) is 10.9. The maximum atomic E-state index is 14.7. The van der Waals surface area contributed by atoms with Gasteiger partial charge in [0.2, 0.25) is 0 Å². The van der Waals surface area contributed by atoms with E-state index in [-0.39, 0.29) is 43.0 Å². The Balaban J connectivity index is 1.48. The van der Waals surface area contributed by atoms with Crippen LogP contribution in [0.25, 0.3) is 0 Å². The van der Waals surface area contributed by atoms with Gasteiger partial charge < -0.3 is 50.3 Å². The maximum Gasteiger partial charge on any atom is 0.187 e. The molecule has 8 N–H and O–H groups in total. The summed E-state index contributed by atoms with van der Waals surface area (Å²) >= 11 is 0. The molecule has 1 saturated heterocycles. The summed E-state index contributed by atoms with van der Waals surface area (Å²) in [4.78, 5) is 14.7. The molecule has 4 fully saturated rings. The number of aliphatic hydroxyl groups is 8. The lowest BCUT2D eigenvalue weighted by molar-refractivity contribution is -0.327. The molecular formula is C36H58O11. The molecule has 4 aliphatic carbocycles. The highest BCUT2D eigenvalue weighted by molar-refractivity contribution is 5.88. The van der Waals surface area contributed by atoms with Gasteiger partial charge in [0.05, 0.1) is 37.1 Å². The Hall–Kier alpha value is -1.25. The molecule has 1 aliphatic heterocycles. The van der Waals surface area contributed by atoms with Gasteiger partial charge in [0.1, 0.15) is 30.2 Å². The summed E-state index contributed by atoms with van der Waals surface area (Å²) in [5.74, 6) is -1.30. The maximum absolute atomic E-state index is 14.7. The minimum absolute atomic E-state index is 0.0338. The van der Waals surface area contributed by atoms with E-state index in [9.17, 15) is 45.6 Å². The molecule has 268 valence electrons. The minimum atomic E-state index is -1.63. The van der Waals surface area contributed by atoms with Crippen molar-refractivity contribution in [3.63, 3.8) is 0 Å². The lowest BCUT2D eigenvalue weighted by atomic mass is 9.38. The van der Waals surface area contributed by atoms with E-state index in [2.05, 4.69) is 19.1 Å². The Morgan fingerprint density at radius 3 is 2.30 bits per heavy atom. The summed E-state index contributed by atoms with van der Waals surface area (Å²) in [6.45, 7) is 12.9. The van der Waals surface area contributed by atoms with E-state index in [1.54, 1.807) is 6.92 Å². The smallest absolute Gasteiger partial charge is 0.187 e. The molecule has 5 rings (SSSR count). The first-order chi connectivity index (χ1) is 21.7. The molecule has 0 aromatic heterocycles. The highest BCUT2D eigenvalue weighted by Gasteiger charge is 2.74. The number of carbonyl (C=O) groups excluding carboxylic acids is 1. The molecule has 5 aliphatic rings. The number of aliphatic hydroxyl groups excluding tert-OH is 7. The molecule has 3 saturated carbocycles. The number of hydrogen-bond acceptors (Lipinski definition) is 11. The first-order valence-electron chi connectivity index (χ1n) is 17.2. The SMILES string of the molecule is C/C(=C/CC[C@](C)(O)[C@H]1[C@H](O)C[C@@]2(C)[C@H]3C=C[C@@H]4[C@H](C[C@H](O[C@@H]5O[C@@H](CO)[C@H](O)[C@@H](O)[C@@H]5O)[C@H](O)C4(C)C)[C@]3(C)C(=O)C[C@]12C)CO. The van der Waals surface area contributed by atoms with Gasteiger partial charge in [-0.2, -0.15) is 0 Å². The summed E-state index contributed by atoms with van der Waals surface area (Å²) in [6.07, 6.45) is -2.31. The second kappa shape index (κ2) is 12.5. The van der Waals surface area contributed by atoms with E-state index >= 15 is 0 Å². The highest BCUT2D eigenvalue weighted by atomic mass is 16.7. The zero-order valence-corrected chi connectivity index (χ0v) is 28.9. The number of Topliss-reactive ketones (excluding diaryl/α,β-unsaturated/α-hetero) is 1. The lowest BCUT2D eigenvalue weighted by Crippen LogP contribution is -2.67. The van der Waals surface area contributed by atoms with Gasteiger partial charge in [-0.1, -0.05) is 58.4 Å². The van der Waals surface area contributed by atoms with Crippen LogP contribution in [0.5, 0.6) is 0 Å². The largest absolute Gasteiger partial charge is 0.394 e.